The van der Waals surface area contributed by atoms with Crippen LogP contribution in [0.3, 0.4) is 0 Å². The minimum atomic E-state index is -0.00570. The van der Waals surface area contributed by atoms with Gasteiger partial charge in [0, 0.05) is 30.9 Å². The third-order valence-electron chi connectivity index (χ3n) is 6.79. The Balaban J connectivity index is 1.32. The molecule has 0 radical (unpaired) electrons. The summed E-state index contributed by atoms with van der Waals surface area (Å²) in [4.78, 5) is 17.8. The summed E-state index contributed by atoms with van der Waals surface area (Å²) in [6.45, 7) is 6.64. The summed E-state index contributed by atoms with van der Waals surface area (Å²) in [6, 6.07) is 18.8. The van der Waals surface area contributed by atoms with Crippen LogP contribution in [0.15, 0.2) is 54.6 Å². The van der Waals surface area contributed by atoms with Crippen LogP contribution in [0.5, 0.6) is 0 Å². The van der Waals surface area contributed by atoms with Crippen molar-refractivity contribution in [2.45, 2.75) is 39.5 Å². The molecular weight excluding hydrogens is 396 g/mol. The summed E-state index contributed by atoms with van der Waals surface area (Å²) >= 11 is 0. The molecule has 1 aromatic heterocycles. The lowest BCUT2D eigenvalue weighted by atomic mass is 9.93. The number of hydrogen-bond acceptors (Lipinski definition) is 4. The van der Waals surface area contributed by atoms with Crippen molar-refractivity contribution in [3.8, 4) is 11.3 Å². The molecule has 1 atom stereocenters. The highest BCUT2D eigenvalue weighted by Gasteiger charge is 2.32. The maximum absolute atomic E-state index is 13.5. The van der Waals surface area contributed by atoms with Crippen molar-refractivity contribution in [1.82, 2.24) is 10.2 Å². The Labute approximate surface area is 190 Å². The molecule has 2 aromatic carbocycles. The van der Waals surface area contributed by atoms with Crippen LogP contribution in [-0.2, 0) is 11.2 Å². The van der Waals surface area contributed by atoms with Gasteiger partial charge >= 0.3 is 0 Å². The van der Waals surface area contributed by atoms with Crippen molar-refractivity contribution in [3.63, 3.8) is 0 Å². The molecule has 0 bridgehead atoms. The standard InChI is InChI=1S/C27H30N4O/c1-19-11-13-25-21(17-19)8-6-16-31(25)27(32)22-9-5-15-30(18-22)26-14-12-24(28-29-26)23-10-4-3-7-20(23)2/h3-4,7,10-14,17,22H,5-6,8-9,15-16,18H2,1-2H3. The number of carbonyl (C=O) groups is 1. The number of anilines is 2. The molecule has 1 amide bonds. The van der Waals surface area contributed by atoms with Crippen LogP contribution < -0.4 is 9.80 Å². The third-order valence-corrected chi connectivity index (χ3v) is 6.79. The molecule has 5 heteroatoms. The molecule has 164 valence electrons. The Bertz CT molecular complexity index is 1120. The van der Waals surface area contributed by atoms with Gasteiger partial charge in [-0.05, 0) is 68.9 Å². The second-order valence-corrected chi connectivity index (χ2v) is 9.10. The fourth-order valence-corrected chi connectivity index (χ4v) is 5.06. The number of rotatable bonds is 3. The summed E-state index contributed by atoms with van der Waals surface area (Å²) in [5.41, 5.74) is 6.85. The number of aryl methyl sites for hydroxylation is 3. The van der Waals surface area contributed by atoms with Gasteiger partial charge in [0.1, 0.15) is 0 Å². The Kier molecular flexibility index (Phi) is 5.64. The fraction of sp³-hybridized carbons (Fsp3) is 0.370. The Hall–Kier alpha value is -3.21. The minimum absolute atomic E-state index is 0.00570. The summed E-state index contributed by atoms with van der Waals surface area (Å²) in [5, 5.41) is 9.02. The van der Waals surface area contributed by atoms with Gasteiger partial charge in [-0.25, -0.2) is 0 Å². The number of fused-ring (bicyclic) bond motifs is 1. The van der Waals surface area contributed by atoms with Crippen LogP contribution in [0.1, 0.15) is 36.0 Å². The average Bonchev–Trinajstić information content (AvgIpc) is 2.83. The largest absolute Gasteiger partial charge is 0.354 e. The average molecular weight is 427 g/mol. The van der Waals surface area contributed by atoms with Gasteiger partial charge in [0.15, 0.2) is 5.82 Å². The fourth-order valence-electron chi connectivity index (χ4n) is 5.06. The zero-order valence-electron chi connectivity index (χ0n) is 18.9. The van der Waals surface area contributed by atoms with Gasteiger partial charge in [0.25, 0.3) is 0 Å². The topological polar surface area (TPSA) is 49.3 Å². The van der Waals surface area contributed by atoms with E-state index >= 15 is 0 Å². The van der Waals surface area contributed by atoms with Crippen LogP contribution in [-0.4, -0.2) is 35.7 Å². The SMILES string of the molecule is Cc1ccc2c(c1)CCCN2C(=O)C1CCCN(c2ccc(-c3ccccc3C)nn2)C1. The molecular formula is C27H30N4O. The molecule has 32 heavy (non-hydrogen) atoms. The lowest BCUT2D eigenvalue weighted by Gasteiger charge is -2.37. The number of hydrogen-bond donors (Lipinski definition) is 0. The van der Waals surface area contributed by atoms with E-state index in [0.29, 0.717) is 6.54 Å². The van der Waals surface area contributed by atoms with E-state index in [2.05, 4.69) is 59.3 Å². The molecule has 5 nitrogen and oxygen atoms in total. The van der Waals surface area contributed by atoms with E-state index < -0.39 is 0 Å². The molecule has 3 aromatic rings. The minimum Gasteiger partial charge on any atom is -0.354 e. The van der Waals surface area contributed by atoms with Gasteiger partial charge in [-0.1, -0.05) is 42.0 Å². The van der Waals surface area contributed by atoms with Gasteiger partial charge in [0.2, 0.25) is 5.91 Å². The second-order valence-electron chi connectivity index (χ2n) is 9.10. The number of piperidine rings is 1. The van der Waals surface area contributed by atoms with Crippen molar-refractivity contribution in [2.75, 3.05) is 29.4 Å². The molecule has 0 N–H and O–H groups in total. The third kappa shape index (κ3) is 3.99. The molecule has 5 rings (SSSR count). The molecule has 0 saturated carbocycles. The number of amides is 1. The zero-order valence-corrected chi connectivity index (χ0v) is 18.9. The summed E-state index contributed by atoms with van der Waals surface area (Å²) in [5.74, 6) is 1.10. The van der Waals surface area contributed by atoms with Crippen molar-refractivity contribution in [3.05, 3.63) is 71.3 Å². The number of carbonyl (C=O) groups excluding carboxylic acids is 1. The molecule has 2 aliphatic heterocycles. The lowest BCUT2D eigenvalue weighted by molar-refractivity contribution is -0.122. The molecule has 3 heterocycles. The summed E-state index contributed by atoms with van der Waals surface area (Å²) < 4.78 is 0. The van der Waals surface area contributed by atoms with Gasteiger partial charge in [0.05, 0.1) is 11.6 Å². The van der Waals surface area contributed by atoms with Crippen molar-refractivity contribution in [2.24, 2.45) is 5.92 Å². The zero-order chi connectivity index (χ0) is 22.1. The van der Waals surface area contributed by atoms with E-state index in [1.54, 1.807) is 0 Å². The first-order valence-corrected chi connectivity index (χ1v) is 11.7. The summed E-state index contributed by atoms with van der Waals surface area (Å²) in [6.07, 6.45) is 4.01. The quantitative estimate of drug-likeness (QED) is 0.594. The number of benzene rings is 2. The predicted octanol–water partition coefficient (Wildman–Crippen LogP) is 4.96. The van der Waals surface area contributed by atoms with Crippen molar-refractivity contribution < 1.29 is 4.79 Å². The molecule has 1 unspecified atom stereocenters. The van der Waals surface area contributed by atoms with E-state index in [9.17, 15) is 4.79 Å². The first kappa shape index (κ1) is 20.7. The van der Waals surface area contributed by atoms with Crippen LogP contribution in [0.4, 0.5) is 11.5 Å². The maximum atomic E-state index is 13.5. The Morgan fingerprint density at radius 1 is 0.969 bits per heavy atom. The number of aromatic nitrogens is 2. The van der Waals surface area contributed by atoms with Crippen LogP contribution >= 0.6 is 0 Å². The van der Waals surface area contributed by atoms with E-state index in [1.165, 1.54) is 16.7 Å². The van der Waals surface area contributed by atoms with E-state index in [0.717, 1.165) is 61.5 Å². The predicted molar refractivity (Wildman–Crippen MR) is 129 cm³/mol. The highest BCUT2D eigenvalue weighted by Crippen LogP contribution is 2.32. The molecule has 1 saturated heterocycles. The first-order valence-electron chi connectivity index (χ1n) is 11.7. The smallest absolute Gasteiger partial charge is 0.231 e. The van der Waals surface area contributed by atoms with E-state index in [1.807, 2.05) is 29.2 Å². The monoisotopic (exact) mass is 426 g/mol. The molecule has 0 aliphatic carbocycles. The first-order chi connectivity index (χ1) is 15.6. The molecule has 2 aliphatic rings. The van der Waals surface area contributed by atoms with Gasteiger partial charge in [-0.15, -0.1) is 10.2 Å². The van der Waals surface area contributed by atoms with Crippen LogP contribution in [0.25, 0.3) is 11.3 Å². The van der Waals surface area contributed by atoms with E-state index in [-0.39, 0.29) is 11.8 Å². The van der Waals surface area contributed by atoms with Crippen LogP contribution in [0, 0.1) is 19.8 Å². The van der Waals surface area contributed by atoms with Crippen LogP contribution in [0.2, 0.25) is 0 Å². The normalized spacial score (nSPS) is 18.4. The number of nitrogens with zero attached hydrogens (tertiary/aromatic N) is 4. The molecule has 1 fully saturated rings. The highest BCUT2D eigenvalue weighted by molar-refractivity contribution is 5.96. The highest BCUT2D eigenvalue weighted by atomic mass is 16.2. The van der Waals surface area contributed by atoms with Gasteiger partial charge in [-0.3, -0.25) is 4.79 Å². The Morgan fingerprint density at radius 3 is 2.66 bits per heavy atom. The van der Waals surface area contributed by atoms with Crippen molar-refractivity contribution in [1.29, 1.82) is 0 Å². The Morgan fingerprint density at radius 2 is 1.84 bits per heavy atom. The summed E-state index contributed by atoms with van der Waals surface area (Å²) in [7, 11) is 0. The van der Waals surface area contributed by atoms with Crippen molar-refractivity contribution >= 4 is 17.4 Å². The van der Waals surface area contributed by atoms with Gasteiger partial charge < -0.3 is 9.80 Å². The van der Waals surface area contributed by atoms with E-state index in [4.69, 9.17) is 0 Å². The second kappa shape index (κ2) is 8.73. The molecule has 0 spiro atoms. The van der Waals surface area contributed by atoms with Gasteiger partial charge in [-0.2, -0.15) is 0 Å². The lowest BCUT2D eigenvalue weighted by Crippen LogP contribution is -2.46. The maximum Gasteiger partial charge on any atom is 0.231 e.